The summed E-state index contributed by atoms with van der Waals surface area (Å²) in [4.78, 5) is 11.7. The zero-order valence-corrected chi connectivity index (χ0v) is 10.8. The van der Waals surface area contributed by atoms with Crippen LogP contribution < -0.4 is 5.32 Å². The standard InChI is InChI=1S/C16H21NO/c18-15-6-8-16(11-13-4-2-1-3-5-13)12-17-9-7-14(16)10-15/h1-5,14,17H,6-12H2/t14?,16-/m0/s1. The van der Waals surface area contributed by atoms with Crippen LogP contribution in [0.5, 0.6) is 0 Å². The predicted molar refractivity (Wildman–Crippen MR) is 72.4 cm³/mol. The minimum atomic E-state index is 0.327. The molecule has 1 saturated carbocycles. The molecule has 1 heterocycles. The topological polar surface area (TPSA) is 29.1 Å². The molecule has 3 rings (SSSR count). The van der Waals surface area contributed by atoms with E-state index in [1.165, 1.54) is 12.0 Å². The smallest absolute Gasteiger partial charge is 0.133 e. The Balaban J connectivity index is 1.83. The summed E-state index contributed by atoms with van der Waals surface area (Å²) in [5.41, 5.74) is 1.74. The minimum absolute atomic E-state index is 0.327. The molecule has 1 unspecified atom stereocenters. The van der Waals surface area contributed by atoms with Gasteiger partial charge in [0.2, 0.25) is 0 Å². The summed E-state index contributed by atoms with van der Waals surface area (Å²) >= 11 is 0. The third-order valence-corrected chi connectivity index (χ3v) is 4.79. The van der Waals surface area contributed by atoms with Crippen LogP contribution >= 0.6 is 0 Å². The fourth-order valence-corrected chi connectivity index (χ4v) is 3.74. The highest BCUT2D eigenvalue weighted by atomic mass is 16.1. The van der Waals surface area contributed by atoms with E-state index in [9.17, 15) is 4.79 Å². The number of hydrogen-bond acceptors (Lipinski definition) is 2. The second-order valence-corrected chi connectivity index (χ2v) is 5.93. The van der Waals surface area contributed by atoms with Crippen molar-refractivity contribution in [2.45, 2.75) is 32.1 Å². The molecule has 1 aliphatic carbocycles. The highest BCUT2D eigenvalue weighted by Gasteiger charge is 2.44. The summed E-state index contributed by atoms with van der Waals surface area (Å²) in [5.74, 6) is 1.07. The zero-order chi connectivity index (χ0) is 12.4. The van der Waals surface area contributed by atoms with Gasteiger partial charge in [0, 0.05) is 19.4 Å². The Kier molecular flexibility index (Phi) is 3.21. The van der Waals surface area contributed by atoms with Crippen LogP contribution in [0, 0.1) is 11.3 Å². The lowest BCUT2D eigenvalue weighted by molar-refractivity contribution is -0.126. The largest absolute Gasteiger partial charge is 0.316 e. The van der Waals surface area contributed by atoms with Gasteiger partial charge in [-0.2, -0.15) is 0 Å². The van der Waals surface area contributed by atoms with Crippen molar-refractivity contribution in [1.29, 1.82) is 0 Å². The van der Waals surface area contributed by atoms with Gasteiger partial charge in [-0.15, -0.1) is 0 Å². The molecule has 1 saturated heterocycles. The van der Waals surface area contributed by atoms with Crippen LogP contribution in [0.15, 0.2) is 30.3 Å². The van der Waals surface area contributed by atoms with E-state index in [1.807, 2.05) is 0 Å². The van der Waals surface area contributed by atoms with Gasteiger partial charge in [-0.25, -0.2) is 0 Å². The number of fused-ring (bicyclic) bond motifs is 1. The molecule has 2 aliphatic rings. The molecule has 2 fully saturated rings. The Bertz CT molecular complexity index is 428. The van der Waals surface area contributed by atoms with Crippen molar-refractivity contribution in [1.82, 2.24) is 5.32 Å². The van der Waals surface area contributed by atoms with Crippen molar-refractivity contribution >= 4 is 5.78 Å². The Hall–Kier alpha value is -1.15. The normalized spacial score (nSPS) is 32.0. The predicted octanol–water partition coefficient (Wildman–Crippen LogP) is 2.58. The molecule has 0 bridgehead atoms. The second-order valence-electron chi connectivity index (χ2n) is 5.93. The van der Waals surface area contributed by atoms with Crippen molar-refractivity contribution < 1.29 is 4.79 Å². The maximum absolute atomic E-state index is 11.7. The van der Waals surface area contributed by atoms with Gasteiger partial charge in [0.15, 0.2) is 0 Å². The number of benzene rings is 1. The van der Waals surface area contributed by atoms with E-state index in [4.69, 9.17) is 0 Å². The number of ketones is 1. The van der Waals surface area contributed by atoms with E-state index in [0.29, 0.717) is 17.1 Å². The van der Waals surface area contributed by atoms with Crippen molar-refractivity contribution in [3.8, 4) is 0 Å². The van der Waals surface area contributed by atoms with Gasteiger partial charge in [-0.3, -0.25) is 4.79 Å². The summed E-state index contributed by atoms with van der Waals surface area (Å²) in [7, 11) is 0. The number of nitrogens with one attached hydrogen (secondary N) is 1. The minimum Gasteiger partial charge on any atom is -0.316 e. The average molecular weight is 243 g/mol. The van der Waals surface area contributed by atoms with E-state index in [2.05, 4.69) is 35.6 Å². The third kappa shape index (κ3) is 2.22. The number of carbonyl (C=O) groups is 1. The summed E-state index contributed by atoms with van der Waals surface area (Å²) in [6.07, 6.45) is 4.95. The summed E-state index contributed by atoms with van der Waals surface area (Å²) in [6.45, 7) is 2.16. The molecule has 0 aromatic heterocycles. The maximum atomic E-state index is 11.7. The molecular weight excluding hydrogens is 222 g/mol. The summed E-state index contributed by atoms with van der Waals surface area (Å²) in [5, 5.41) is 3.55. The van der Waals surface area contributed by atoms with Gasteiger partial charge in [0.1, 0.15) is 5.78 Å². The molecule has 1 aliphatic heterocycles. The molecule has 1 aromatic carbocycles. The summed E-state index contributed by atoms with van der Waals surface area (Å²) < 4.78 is 0. The monoisotopic (exact) mass is 243 g/mol. The number of hydrogen-bond donors (Lipinski definition) is 1. The molecule has 0 amide bonds. The van der Waals surface area contributed by atoms with Crippen LogP contribution in [0.1, 0.15) is 31.2 Å². The quantitative estimate of drug-likeness (QED) is 0.865. The number of rotatable bonds is 2. The van der Waals surface area contributed by atoms with Gasteiger partial charge in [0.05, 0.1) is 0 Å². The van der Waals surface area contributed by atoms with Crippen molar-refractivity contribution in [3.05, 3.63) is 35.9 Å². The average Bonchev–Trinajstić information content (AvgIpc) is 2.40. The fourth-order valence-electron chi connectivity index (χ4n) is 3.74. The molecule has 96 valence electrons. The lowest BCUT2D eigenvalue weighted by atomic mass is 9.60. The molecule has 2 atom stereocenters. The Morgan fingerprint density at radius 1 is 1.28 bits per heavy atom. The SMILES string of the molecule is O=C1CC[C@]2(Cc3ccccc3)CNCCC2C1. The van der Waals surface area contributed by atoms with Crippen LogP contribution in [0.2, 0.25) is 0 Å². The van der Waals surface area contributed by atoms with E-state index in [1.54, 1.807) is 0 Å². The van der Waals surface area contributed by atoms with Crippen molar-refractivity contribution in [3.63, 3.8) is 0 Å². The van der Waals surface area contributed by atoms with Crippen LogP contribution in [-0.4, -0.2) is 18.9 Å². The first-order chi connectivity index (χ1) is 8.78. The number of piperidine rings is 1. The number of carbonyl (C=O) groups excluding carboxylic acids is 1. The molecule has 1 N–H and O–H groups in total. The Labute approximate surface area is 109 Å². The van der Waals surface area contributed by atoms with E-state index < -0.39 is 0 Å². The molecule has 2 heteroatoms. The molecular formula is C16H21NO. The second kappa shape index (κ2) is 4.85. The molecule has 18 heavy (non-hydrogen) atoms. The fraction of sp³-hybridized carbons (Fsp3) is 0.562. The summed E-state index contributed by atoms with van der Waals surface area (Å²) in [6, 6.07) is 10.7. The van der Waals surface area contributed by atoms with Crippen LogP contribution in [-0.2, 0) is 11.2 Å². The Morgan fingerprint density at radius 3 is 2.94 bits per heavy atom. The van der Waals surface area contributed by atoms with Gasteiger partial charge >= 0.3 is 0 Å². The van der Waals surface area contributed by atoms with Crippen LogP contribution in [0.3, 0.4) is 0 Å². The first-order valence-corrected chi connectivity index (χ1v) is 7.05. The third-order valence-electron chi connectivity index (χ3n) is 4.79. The van der Waals surface area contributed by atoms with Gasteiger partial charge < -0.3 is 5.32 Å². The highest BCUT2D eigenvalue weighted by molar-refractivity contribution is 5.79. The lowest BCUT2D eigenvalue weighted by Crippen LogP contribution is -2.50. The highest BCUT2D eigenvalue weighted by Crippen LogP contribution is 2.45. The van der Waals surface area contributed by atoms with E-state index in [0.717, 1.165) is 38.8 Å². The Morgan fingerprint density at radius 2 is 2.11 bits per heavy atom. The van der Waals surface area contributed by atoms with Gasteiger partial charge in [0.25, 0.3) is 0 Å². The molecule has 2 nitrogen and oxygen atoms in total. The van der Waals surface area contributed by atoms with Crippen LogP contribution in [0.25, 0.3) is 0 Å². The van der Waals surface area contributed by atoms with Gasteiger partial charge in [-0.1, -0.05) is 30.3 Å². The molecule has 0 radical (unpaired) electrons. The van der Waals surface area contributed by atoms with E-state index in [-0.39, 0.29) is 0 Å². The van der Waals surface area contributed by atoms with E-state index >= 15 is 0 Å². The van der Waals surface area contributed by atoms with Crippen LogP contribution in [0.4, 0.5) is 0 Å². The molecule has 0 spiro atoms. The first-order valence-electron chi connectivity index (χ1n) is 7.05. The zero-order valence-electron chi connectivity index (χ0n) is 10.8. The van der Waals surface area contributed by atoms with Crippen molar-refractivity contribution in [2.75, 3.05) is 13.1 Å². The number of Topliss-reactive ketones (excluding diaryl/α,β-unsaturated/α-hetero) is 1. The van der Waals surface area contributed by atoms with Crippen molar-refractivity contribution in [2.24, 2.45) is 11.3 Å². The maximum Gasteiger partial charge on any atom is 0.133 e. The first kappa shape index (κ1) is 11.9. The van der Waals surface area contributed by atoms with Gasteiger partial charge in [-0.05, 0) is 42.7 Å². The molecule has 1 aromatic rings. The lowest BCUT2D eigenvalue weighted by Gasteiger charge is -2.47.